The smallest absolute Gasteiger partial charge is 0.211 e. The van der Waals surface area contributed by atoms with E-state index >= 15 is 0 Å². The Labute approximate surface area is 78.1 Å². The van der Waals surface area contributed by atoms with Crippen molar-refractivity contribution in [3.63, 3.8) is 0 Å². The first-order chi connectivity index (χ1) is 5.62. The Bertz CT molecular complexity index is 169. The van der Waals surface area contributed by atoms with Crippen molar-refractivity contribution in [1.29, 1.82) is 0 Å². The van der Waals surface area contributed by atoms with Crippen molar-refractivity contribution >= 4 is 10.0 Å². The molecule has 78 valence electrons. The quantitative estimate of drug-likeness (QED) is 0.732. The summed E-state index contributed by atoms with van der Waals surface area (Å²) in [6, 6.07) is 0. The molecule has 0 saturated heterocycles. The van der Waals surface area contributed by atoms with Gasteiger partial charge < -0.3 is 0 Å². The number of rotatable bonds is 5. The fraction of sp³-hybridized carbons (Fsp3) is 1.00. The van der Waals surface area contributed by atoms with Crippen LogP contribution in [-0.2, 0) is 10.0 Å². The number of hydrogen-bond donors (Lipinski definition) is 1. The molecule has 0 heterocycles. The molecule has 0 aromatic heterocycles. The molecule has 0 aliphatic rings. The Kier molecular flexibility index (Phi) is 10.8. The number of nitrogens with one attached hydrogen (secondary N) is 1. The summed E-state index contributed by atoms with van der Waals surface area (Å²) in [6.07, 6.45) is 1.67. The van der Waals surface area contributed by atoms with Crippen LogP contribution in [0.1, 0.15) is 42.0 Å². The molecule has 4 heteroatoms. The standard InChI is InChI=1S/C6H15NO2S.C2H6.H2/c1-3-5-6-10(8,9)7-4-2;1-2;/h7H,3-6H2,1-2H3;1-2H3;1H. The van der Waals surface area contributed by atoms with Crippen LogP contribution < -0.4 is 4.72 Å². The summed E-state index contributed by atoms with van der Waals surface area (Å²) >= 11 is 0. The molecule has 0 fully saturated rings. The van der Waals surface area contributed by atoms with E-state index in [1.165, 1.54) is 0 Å². The first-order valence-corrected chi connectivity index (χ1v) is 6.25. The van der Waals surface area contributed by atoms with E-state index in [0.717, 1.165) is 12.8 Å². The predicted octanol–water partition coefficient (Wildman–Crippen LogP) is 2.00. The molecule has 0 aromatic rings. The van der Waals surface area contributed by atoms with Crippen LogP contribution in [0.15, 0.2) is 0 Å². The molecule has 12 heavy (non-hydrogen) atoms. The van der Waals surface area contributed by atoms with E-state index in [9.17, 15) is 8.42 Å². The maximum atomic E-state index is 10.9. The van der Waals surface area contributed by atoms with Crippen molar-refractivity contribution in [3.8, 4) is 0 Å². The second-order valence-corrected chi connectivity index (χ2v) is 4.10. The average molecular weight is 197 g/mol. The first kappa shape index (κ1) is 14.4. The van der Waals surface area contributed by atoms with Crippen molar-refractivity contribution in [2.45, 2.75) is 40.5 Å². The number of unbranched alkanes of at least 4 members (excludes halogenated alkanes) is 1. The van der Waals surface area contributed by atoms with E-state index in [1.807, 2.05) is 20.8 Å². The van der Waals surface area contributed by atoms with E-state index in [2.05, 4.69) is 4.72 Å². The molecule has 0 rings (SSSR count). The van der Waals surface area contributed by atoms with Gasteiger partial charge in [0.1, 0.15) is 0 Å². The number of sulfonamides is 1. The second kappa shape index (κ2) is 9.00. The van der Waals surface area contributed by atoms with Gasteiger partial charge in [-0.25, -0.2) is 13.1 Å². The Hall–Kier alpha value is -0.0900. The van der Waals surface area contributed by atoms with E-state index in [-0.39, 0.29) is 7.18 Å². The lowest BCUT2D eigenvalue weighted by molar-refractivity contribution is 0.580. The Balaban J connectivity index is -0.000000309. The highest BCUT2D eigenvalue weighted by Gasteiger charge is 2.05. The van der Waals surface area contributed by atoms with Crippen molar-refractivity contribution in [2.75, 3.05) is 12.3 Å². The van der Waals surface area contributed by atoms with Gasteiger partial charge in [-0.2, -0.15) is 0 Å². The summed E-state index contributed by atoms with van der Waals surface area (Å²) in [5.41, 5.74) is 0. The summed E-state index contributed by atoms with van der Waals surface area (Å²) in [5.74, 6) is 0.261. The summed E-state index contributed by atoms with van der Waals surface area (Å²) in [6.45, 7) is 8.25. The molecular formula is C8H23NO2S. The van der Waals surface area contributed by atoms with Gasteiger partial charge in [-0.1, -0.05) is 34.1 Å². The summed E-state index contributed by atoms with van der Waals surface area (Å²) in [4.78, 5) is 0. The van der Waals surface area contributed by atoms with Crippen LogP contribution in [0.25, 0.3) is 0 Å². The van der Waals surface area contributed by atoms with Gasteiger partial charge in [0, 0.05) is 7.97 Å². The lowest BCUT2D eigenvalue weighted by Gasteiger charge is -2.01. The molecule has 0 radical (unpaired) electrons. The fourth-order valence-electron chi connectivity index (χ4n) is 0.626. The third-order valence-corrected chi connectivity index (χ3v) is 2.69. The van der Waals surface area contributed by atoms with Crippen LogP contribution in [0.2, 0.25) is 0 Å². The maximum absolute atomic E-state index is 10.9. The van der Waals surface area contributed by atoms with E-state index in [0.29, 0.717) is 6.54 Å². The van der Waals surface area contributed by atoms with E-state index < -0.39 is 10.0 Å². The molecule has 0 bridgehead atoms. The predicted molar refractivity (Wildman–Crippen MR) is 55.8 cm³/mol. The molecule has 0 spiro atoms. The fourth-order valence-corrected chi connectivity index (χ4v) is 1.88. The molecular weight excluding hydrogens is 174 g/mol. The molecule has 3 nitrogen and oxygen atoms in total. The van der Waals surface area contributed by atoms with Gasteiger partial charge in [0.15, 0.2) is 0 Å². The first-order valence-electron chi connectivity index (χ1n) is 4.59. The van der Waals surface area contributed by atoms with Crippen molar-refractivity contribution in [1.82, 2.24) is 4.72 Å². The van der Waals surface area contributed by atoms with Crippen LogP contribution in [-0.4, -0.2) is 20.7 Å². The highest BCUT2D eigenvalue weighted by atomic mass is 32.2. The minimum absolute atomic E-state index is 0. The molecule has 1 N–H and O–H groups in total. The molecule has 0 unspecified atom stereocenters. The van der Waals surface area contributed by atoms with Crippen molar-refractivity contribution in [3.05, 3.63) is 0 Å². The third-order valence-electron chi connectivity index (χ3n) is 1.13. The van der Waals surface area contributed by atoms with Gasteiger partial charge in [-0.15, -0.1) is 0 Å². The lowest BCUT2D eigenvalue weighted by atomic mass is 10.4. The molecule has 0 aromatic carbocycles. The highest BCUT2D eigenvalue weighted by molar-refractivity contribution is 7.89. The molecule has 0 atom stereocenters. The zero-order valence-electron chi connectivity index (χ0n) is 8.55. The zero-order chi connectivity index (χ0) is 10.0. The summed E-state index contributed by atoms with van der Waals surface area (Å²) in [5, 5.41) is 0. The normalized spacial score (nSPS) is 10.3. The molecule has 0 aliphatic heterocycles. The van der Waals surface area contributed by atoms with Gasteiger partial charge in [-0.05, 0) is 6.42 Å². The second-order valence-electron chi connectivity index (χ2n) is 2.17. The van der Waals surface area contributed by atoms with Crippen LogP contribution in [0.4, 0.5) is 0 Å². The van der Waals surface area contributed by atoms with Crippen LogP contribution in [0.5, 0.6) is 0 Å². The molecule has 0 amide bonds. The summed E-state index contributed by atoms with van der Waals surface area (Å²) in [7, 11) is -2.94. The number of hydrogen-bond acceptors (Lipinski definition) is 2. The van der Waals surface area contributed by atoms with E-state index in [1.54, 1.807) is 6.92 Å². The Morgan fingerprint density at radius 1 is 1.25 bits per heavy atom. The lowest BCUT2D eigenvalue weighted by Crippen LogP contribution is -2.25. The average Bonchev–Trinajstić information content (AvgIpc) is 2.05. The van der Waals surface area contributed by atoms with E-state index in [4.69, 9.17) is 0 Å². The Morgan fingerprint density at radius 2 is 1.75 bits per heavy atom. The third kappa shape index (κ3) is 9.91. The van der Waals surface area contributed by atoms with Gasteiger partial charge >= 0.3 is 0 Å². The summed E-state index contributed by atoms with van der Waals surface area (Å²) < 4.78 is 24.2. The highest BCUT2D eigenvalue weighted by Crippen LogP contribution is 1.92. The van der Waals surface area contributed by atoms with Crippen LogP contribution in [0.3, 0.4) is 0 Å². The molecule has 0 aliphatic carbocycles. The van der Waals surface area contributed by atoms with Crippen molar-refractivity contribution in [2.24, 2.45) is 0 Å². The van der Waals surface area contributed by atoms with Gasteiger partial charge in [0.05, 0.1) is 5.75 Å². The largest absolute Gasteiger partial charge is 0.216 e. The van der Waals surface area contributed by atoms with Crippen LogP contribution >= 0.6 is 0 Å². The maximum Gasteiger partial charge on any atom is 0.211 e. The van der Waals surface area contributed by atoms with Gasteiger partial charge in [-0.3, -0.25) is 0 Å². The SMILES string of the molecule is CC.CCCCS(=O)(=O)NCC.[HH]. The monoisotopic (exact) mass is 197 g/mol. The van der Waals surface area contributed by atoms with Gasteiger partial charge in [0.25, 0.3) is 0 Å². The minimum Gasteiger partial charge on any atom is -0.216 e. The van der Waals surface area contributed by atoms with Crippen molar-refractivity contribution < 1.29 is 9.84 Å². The Morgan fingerprint density at radius 3 is 2.08 bits per heavy atom. The van der Waals surface area contributed by atoms with Crippen LogP contribution in [0, 0.1) is 0 Å². The topological polar surface area (TPSA) is 46.2 Å². The molecule has 0 saturated carbocycles. The van der Waals surface area contributed by atoms with Gasteiger partial charge in [0.2, 0.25) is 10.0 Å². The zero-order valence-corrected chi connectivity index (χ0v) is 9.37. The minimum atomic E-state index is -2.94.